The Morgan fingerprint density at radius 2 is 1.18 bits per heavy atom. The van der Waals surface area contributed by atoms with Crippen molar-refractivity contribution >= 4 is 82.2 Å². The number of esters is 2. The van der Waals surface area contributed by atoms with Gasteiger partial charge < -0.3 is 33.0 Å². The molecule has 0 atom stereocenters. The van der Waals surface area contributed by atoms with Gasteiger partial charge in [0.2, 0.25) is 5.69 Å². The summed E-state index contributed by atoms with van der Waals surface area (Å²) >= 11 is 0. The van der Waals surface area contributed by atoms with Gasteiger partial charge >= 0.3 is 11.9 Å². The van der Waals surface area contributed by atoms with Crippen LogP contribution in [0.5, 0.6) is 11.5 Å². The number of anilines is 1. The van der Waals surface area contributed by atoms with Crippen LogP contribution in [0, 0.1) is 42.7 Å². The van der Waals surface area contributed by atoms with Gasteiger partial charge in [-0.3, -0.25) is 0 Å². The highest BCUT2D eigenvalue weighted by atomic mass is 32.2. The number of carbonyl (C=O) groups is 2. The van der Waals surface area contributed by atoms with E-state index in [-0.39, 0.29) is 32.8 Å². The first kappa shape index (κ1) is 60.2. The zero-order valence-corrected chi connectivity index (χ0v) is 48.2. The zero-order chi connectivity index (χ0) is 60.9. The Bertz CT molecular complexity index is 4340. The second-order valence-corrected chi connectivity index (χ2v) is 23.1. The van der Waals surface area contributed by atoms with E-state index in [0.717, 1.165) is 36.4 Å². The number of benzene rings is 7. The summed E-state index contributed by atoms with van der Waals surface area (Å²) in [4.78, 5) is 31.9. The number of allylic oxidation sites excluding steroid dienone is 4. The number of ether oxygens (including phenoxy) is 4. The molecule has 0 N–H and O–H groups in total. The molecule has 0 amide bonds. The van der Waals surface area contributed by atoms with Gasteiger partial charge in [-0.1, -0.05) is 104 Å². The number of hydrogen-bond donors (Lipinski definition) is 0. The largest absolute Gasteiger partial charge is 0.744 e. The van der Waals surface area contributed by atoms with Gasteiger partial charge in [0.05, 0.1) is 57.0 Å². The predicted octanol–water partition coefficient (Wildman–Crippen LogP) is 9.24. The van der Waals surface area contributed by atoms with Crippen molar-refractivity contribution < 1.29 is 59.1 Å². The molecule has 9 rings (SSSR count). The Hall–Kier alpha value is -9.93. The number of aryl methyl sites for hydroxylation is 1. The van der Waals surface area contributed by atoms with Crippen molar-refractivity contribution in [1.29, 1.82) is 10.5 Å². The van der Waals surface area contributed by atoms with Gasteiger partial charge in [-0.15, -0.1) is 0 Å². The second-order valence-electron chi connectivity index (χ2n) is 20.4. The molecule has 0 saturated heterocycles. The summed E-state index contributed by atoms with van der Waals surface area (Å²) in [5.41, 5.74) is 7.20. The number of fused-ring (bicyclic) bond motifs is 6. The van der Waals surface area contributed by atoms with Crippen LogP contribution in [0.1, 0.15) is 65.1 Å². The molecule has 0 unspecified atom stereocenters. The van der Waals surface area contributed by atoms with Crippen molar-refractivity contribution in [2.45, 2.75) is 55.2 Å². The first-order chi connectivity index (χ1) is 39.9. The molecule has 2 aliphatic rings. The molecule has 0 bridgehead atoms. The quantitative estimate of drug-likeness (QED) is 0.0324. The lowest BCUT2D eigenvalue weighted by atomic mass is 9.80. The molecule has 0 saturated carbocycles. The van der Waals surface area contributed by atoms with E-state index >= 15 is 0 Å². The van der Waals surface area contributed by atoms with Crippen LogP contribution in [0.4, 0.5) is 11.4 Å². The molecule has 2 heterocycles. The Labute approximate surface area is 486 Å². The normalized spacial score (nSPS) is 15.2. The highest BCUT2D eigenvalue weighted by Gasteiger charge is 2.44. The molecule has 0 fully saturated rings. The third-order valence-corrected chi connectivity index (χ3v) is 16.3. The lowest BCUT2D eigenvalue weighted by molar-refractivity contribution is -0.399. The summed E-state index contributed by atoms with van der Waals surface area (Å²) in [5, 5.41) is 24.0. The standard InChI is InChI=1S/C34H35N2.C30H20N4O12S2/c1-22-15-18-25-24(21-22)17-20-28-31(25)34(4,5)30(35(28)6)14-10-13-29-33(2,3)27-19-16-23-11-8-9-12-26(23)32(27)36(29)7;1-33-23(17-31)21-15-26(44-12-14-46-30(36)20-8-4-6-10-28(20)48(40,41)42)22(24(18-32)34-2)16-25(21)43-11-13-45-29(35)19-7-3-5-9-27(19)47(37,38)39/h8-21H,1-7H3;3-10,15-16H,11-14H2,(H,37,38,39)(H,40,41,42)/q+1;/p-2/b;23-21-,24-22+. The fraction of sp³-hybridized carbons (Fsp3) is 0.203. The smallest absolute Gasteiger partial charge is 0.339 e. The Kier molecular flexibility index (Phi) is 17.4. The lowest BCUT2D eigenvalue weighted by Crippen LogP contribution is -2.26. The number of nitriles is 2. The third kappa shape index (κ3) is 12.0. The minimum atomic E-state index is -4.99. The van der Waals surface area contributed by atoms with E-state index in [1.54, 1.807) is 12.1 Å². The fourth-order valence-electron chi connectivity index (χ4n) is 10.6. The number of hydrogen-bond acceptors (Lipinski definition) is 15. The van der Waals surface area contributed by atoms with Crippen molar-refractivity contribution in [3.8, 4) is 23.6 Å². The van der Waals surface area contributed by atoms with Crippen molar-refractivity contribution in [3.63, 3.8) is 0 Å². The molecule has 20 heteroatoms. The number of rotatable bonds is 14. The molecule has 0 aliphatic carbocycles. The first-order valence-corrected chi connectivity index (χ1v) is 28.7. The van der Waals surface area contributed by atoms with Gasteiger partial charge in [0.15, 0.2) is 5.71 Å². The molecule has 84 heavy (non-hydrogen) atoms. The average Bonchev–Trinajstić information content (AvgIpc) is 1.64. The lowest BCUT2D eigenvalue weighted by Gasteiger charge is -2.24. The summed E-state index contributed by atoms with van der Waals surface area (Å²) in [6, 6.07) is 39.3. The number of nitrogens with zero attached hydrogens (tertiary/aromatic N) is 6. The molecule has 0 spiro atoms. The van der Waals surface area contributed by atoms with Gasteiger partial charge in [-0.05, 0) is 97.1 Å². The van der Waals surface area contributed by atoms with Crippen LogP contribution in [0.2, 0.25) is 0 Å². The zero-order valence-electron chi connectivity index (χ0n) is 46.6. The van der Waals surface area contributed by atoms with E-state index in [1.165, 1.54) is 85.3 Å². The van der Waals surface area contributed by atoms with Crippen molar-refractivity contribution in [1.82, 2.24) is 0 Å². The van der Waals surface area contributed by atoms with Gasteiger partial charge in [0, 0.05) is 45.9 Å². The molecule has 2 aliphatic heterocycles. The van der Waals surface area contributed by atoms with Crippen LogP contribution in [0.15, 0.2) is 161 Å². The van der Waals surface area contributed by atoms with Gasteiger partial charge in [-0.25, -0.2) is 46.6 Å². The Morgan fingerprint density at radius 3 is 1.70 bits per heavy atom. The SMILES string of the molecule is Cc1ccc2c3c(ccc2c1)N(C)C(=CC=CC1=[N+](C)c2c(ccc4ccccc24)C1(C)C)C3(C)C.[C-]#[N+]/C(C#N)=c1/cc(OCCOC(=O)c2ccccc2S(=O)(=O)[O-])/c(=C(\C#N)[N+]#[C-])cc1OCCOC(=O)c1ccccc1S(=O)(=O)[O-]. The second kappa shape index (κ2) is 24.3. The maximum absolute atomic E-state index is 12.4. The molecule has 18 nitrogen and oxygen atoms in total. The van der Waals surface area contributed by atoms with Crippen LogP contribution >= 0.6 is 0 Å². The van der Waals surface area contributed by atoms with Crippen LogP contribution in [0.25, 0.3) is 42.6 Å². The summed E-state index contributed by atoms with van der Waals surface area (Å²) in [7, 11) is -5.58. The maximum Gasteiger partial charge on any atom is 0.339 e. The molecular weight excluding hydrogens is 1110 g/mol. The van der Waals surface area contributed by atoms with Gasteiger partial charge in [-0.2, -0.15) is 4.58 Å². The first-order valence-electron chi connectivity index (χ1n) is 25.9. The number of likely N-dealkylation sites (N-methyl/N-ethyl adjacent to an activating group) is 1. The van der Waals surface area contributed by atoms with E-state index in [4.69, 9.17) is 32.1 Å². The molecule has 0 radical (unpaired) electrons. The van der Waals surface area contributed by atoms with Crippen molar-refractivity contribution in [3.05, 3.63) is 212 Å². The summed E-state index contributed by atoms with van der Waals surface area (Å²) in [6.45, 7) is 24.4. The molecule has 424 valence electrons. The van der Waals surface area contributed by atoms with Gasteiger partial charge in [0.1, 0.15) is 65.2 Å². The molecule has 7 aromatic carbocycles. The number of carbonyl (C=O) groups excluding carboxylic acids is 2. The minimum absolute atomic E-state index is 0.0583. The van der Waals surface area contributed by atoms with Crippen LogP contribution in [-0.4, -0.2) is 88.7 Å². The summed E-state index contributed by atoms with van der Waals surface area (Å²) in [5.74, 6) is -2.75. The third-order valence-electron chi connectivity index (χ3n) is 14.5. The fourth-order valence-corrected chi connectivity index (χ4v) is 11.9. The summed E-state index contributed by atoms with van der Waals surface area (Å²) in [6.07, 6.45) is 6.89. The van der Waals surface area contributed by atoms with E-state index in [9.17, 15) is 46.1 Å². The highest BCUT2D eigenvalue weighted by molar-refractivity contribution is 7.86. The van der Waals surface area contributed by atoms with Gasteiger partial charge in [0.25, 0.3) is 11.4 Å². The van der Waals surface area contributed by atoms with Crippen molar-refractivity contribution in [2.75, 3.05) is 45.4 Å². The predicted molar refractivity (Wildman–Crippen MR) is 312 cm³/mol. The summed E-state index contributed by atoms with van der Waals surface area (Å²) < 4.78 is 92.3. The van der Waals surface area contributed by atoms with E-state index in [1.807, 2.05) is 0 Å². The monoisotopic (exact) mass is 1160 g/mol. The van der Waals surface area contributed by atoms with E-state index < -0.39 is 90.9 Å². The maximum atomic E-state index is 12.4. The Balaban J connectivity index is 0.000000227. The highest BCUT2D eigenvalue weighted by Crippen LogP contribution is 2.50. The Morgan fingerprint density at radius 1 is 0.667 bits per heavy atom. The molecule has 7 aromatic rings. The molecule has 0 aromatic heterocycles. The van der Waals surface area contributed by atoms with Crippen LogP contribution < -0.4 is 24.8 Å². The van der Waals surface area contributed by atoms with Crippen LogP contribution in [-0.2, 0) is 40.5 Å². The van der Waals surface area contributed by atoms with Crippen molar-refractivity contribution in [2.24, 2.45) is 0 Å². The van der Waals surface area contributed by atoms with E-state index in [0.29, 0.717) is 0 Å². The minimum Gasteiger partial charge on any atom is -0.744 e. The molecular formula is C64H53N6O12S2-. The average molecular weight is 1160 g/mol. The topological polar surface area (TPSA) is 248 Å². The van der Waals surface area contributed by atoms with E-state index in [2.05, 4.69) is 153 Å². The van der Waals surface area contributed by atoms with Crippen LogP contribution in [0.3, 0.4) is 0 Å².